The summed E-state index contributed by atoms with van der Waals surface area (Å²) in [5.41, 5.74) is 0.540. The van der Waals surface area contributed by atoms with Gasteiger partial charge in [0.1, 0.15) is 5.57 Å². The van der Waals surface area contributed by atoms with Crippen molar-refractivity contribution in [2.24, 2.45) is 0 Å². The smallest absolute Gasteiger partial charge is 0.389 e. The number of allylic oxidation sites excluding steroid dienone is 3. The number of alkyl halides is 3. The monoisotopic (exact) mass is 488 g/mol. The second kappa shape index (κ2) is 7.91. The molecule has 4 aromatic rings. The first-order chi connectivity index (χ1) is 17.3. The molecule has 178 valence electrons. The van der Waals surface area contributed by atoms with Crippen LogP contribution in [0.25, 0.3) is 28.0 Å². The van der Waals surface area contributed by atoms with Crippen molar-refractivity contribution in [3.05, 3.63) is 126 Å². The van der Waals surface area contributed by atoms with Crippen molar-refractivity contribution in [3.8, 4) is 22.4 Å². The Labute approximate surface area is 204 Å². The minimum atomic E-state index is -4.83. The normalized spacial score (nSPS) is 16.4. The van der Waals surface area contributed by atoms with E-state index in [1.807, 2.05) is 30.3 Å². The van der Waals surface area contributed by atoms with Crippen molar-refractivity contribution in [1.82, 2.24) is 4.48 Å². The maximum Gasteiger partial charge on any atom is 0.737 e. The Morgan fingerprint density at radius 3 is 1.72 bits per heavy atom. The highest BCUT2D eigenvalue weighted by atomic mass is 19.4. The van der Waals surface area contributed by atoms with Crippen LogP contribution in [0.5, 0.6) is 0 Å². The topological polar surface area (TPSA) is 7.94 Å². The predicted octanol–water partition coefficient (Wildman–Crippen LogP) is 7.40. The predicted molar refractivity (Wildman–Crippen MR) is 132 cm³/mol. The molecule has 0 saturated carbocycles. The third-order valence-corrected chi connectivity index (χ3v) is 6.61. The molecule has 6 rings (SSSR count). The van der Waals surface area contributed by atoms with Crippen molar-refractivity contribution < 1.29 is 26.3 Å². The molecule has 36 heavy (non-hydrogen) atoms. The van der Waals surface area contributed by atoms with E-state index in [0.717, 1.165) is 23.3 Å². The van der Waals surface area contributed by atoms with Gasteiger partial charge in [0.25, 0.3) is 0 Å². The molecule has 0 aliphatic carbocycles. The SMILES string of the molecule is F[B-]1(F)n2c(ccc2-c2ccc(-c3ccccc3)cc2)C(C(F)(F)F)=C2C=CC(c3ccccc3)=[N+]21. The van der Waals surface area contributed by atoms with Gasteiger partial charge in [0.2, 0.25) is 0 Å². The van der Waals surface area contributed by atoms with Crippen LogP contribution in [0.2, 0.25) is 0 Å². The minimum Gasteiger partial charge on any atom is -0.389 e. The molecule has 2 aliphatic rings. The maximum atomic E-state index is 16.3. The fourth-order valence-corrected chi connectivity index (χ4v) is 5.05. The van der Waals surface area contributed by atoms with Crippen LogP contribution < -0.4 is 0 Å². The molecule has 1 aromatic heterocycles. The van der Waals surface area contributed by atoms with Crippen LogP contribution in [-0.2, 0) is 0 Å². The molecule has 3 aromatic carbocycles. The molecule has 2 nitrogen and oxygen atoms in total. The van der Waals surface area contributed by atoms with Crippen molar-refractivity contribution in [2.75, 3.05) is 0 Å². The first kappa shape index (κ1) is 22.3. The molecular weight excluding hydrogens is 470 g/mol. The molecule has 0 atom stereocenters. The van der Waals surface area contributed by atoms with Crippen molar-refractivity contribution in [3.63, 3.8) is 0 Å². The molecule has 0 fully saturated rings. The van der Waals surface area contributed by atoms with Gasteiger partial charge in [-0.3, -0.25) is 0 Å². The lowest BCUT2D eigenvalue weighted by molar-refractivity contribution is -0.362. The van der Waals surface area contributed by atoms with Gasteiger partial charge in [-0.25, -0.2) is 0 Å². The van der Waals surface area contributed by atoms with E-state index in [2.05, 4.69) is 0 Å². The minimum absolute atomic E-state index is 0.0229. The fraction of sp³-hybridized carbons (Fsp3) is 0.0357. The van der Waals surface area contributed by atoms with E-state index >= 15 is 8.63 Å². The van der Waals surface area contributed by atoms with E-state index in [-0.39, 0.29) is 11.4 Å². The quantitative estimate of drug-likeness (QED) is 0.210. The molecular formula is C28H18BF5N2. The average Bonchev–Trinajstić information content (AvgIpc) is 3.51. The molecule has 0 bridgehead atoms. The van der Waals surface area contributed by atoms with Crippen molar-refractivity contribution in [2.45, 2.75) is 6.18 Å². The third-order valence-electron chi connectivity index (χ3n) is 6.61. The summed E-state index contributed by atoms with van der Waals surface area (Å²) >= 11 is 0. The summed E-state index contributed by atoms with van der Waals surface area (Å²) in [5, 5.41) is 0. The second-order valence-corrected chi connectivity index (χ2v) is 8.72. The Morgan fingerprint density at radius 2 is 1.11 bits per heavy atom. The summed E-state index contributed by atoms with van der Waals surface area (Å²) in [5.74, 6) is 0. The van der Waals surface area contributed by atoms with Gasteiger partial charge in [0.15, 0.2) is 11.4 Å². The van der Waals surface area contributed by atoms with Gasteiger partial charge in [0, 0.05) is 29.1 Å². The number of hydrogen-bond acceptors (Lipinski definition) is 0. The molecule has 0 saturated heterocycles. The number of benzene rings is 3. The zero-order chi connectivity index (χ0) is 25.1. The van der Waals surface area contributed by atoms with E-state index in [4.69, 9.17) is 0 Å². The Bertz CT molecular complexity index is 1560. The number of nitrogens with zero attached hydrogens (tertiary/aromatic N) is 2. The molecule has 0 N–H and O–H groups in total. The number of rotatable bonds is 3. The van der Waals surface area contributed by atoms with Crippen molar-refractivity contribution >= 4 is 18.3 Å². The average molecular weight is 488 g/mol. The fourth-order valence-electron chi connectivity index (χ4n) is 5.05. The maximum absolute atomic E-state index is 16.3. The highest BCUT2D eigenvalue weighted by Gasteiger charge is 2.58. The van der Waals surface area contributed by atoms with Gasteiger partial charge in [-0.15, -0.1) is 0 Å². The molecule has 2 aliphatic heterocycles. The van der Waals surface area contributed by atoms with E-state index in [1.54, 1.807) is 54.6 Å². The van der Waals surface area contributed by atoms with Gasteiger partial charge in [0.05, 0.1) is 0 Å². The summed E-state index contributed by atoms with van der Waals surface area (Å²) in [7, 11) is 0. The van der Waals surface area contributed by atoms with Crippen LogP contribution in [0.4, 0.5) is 21.8 Å². The Hall–Kier alpha value is -4.20. The number of aromatic nitrogens is 1. The van der Waals surface area contributed by atoms with Gasteiger partial charge >= 0.3 is 13.1 Å². The Balaban J connectivity index is 1.56. The summed E-state index contributed by atoms with van der Waals surface area (Å²) in [6.07, 6.45) is -2.38. The van der Waals surface area contributed by atoms with Crippen LogP contribution in [0, 0.1) is 0 Å². The molecule has 0 radical (unpaired) electrons. The van der Waals surface area contributed by atoms with Gasteiger partial charge < -0.3 is 17.6 Å². The second-order valence-electron chi connectivity index (χ2n) is 8.72. The van der Waals surface area contributed by atoms with Crippen LogP contribution in [0.3, 0.4) is 0 Å². The molecule has 0 amide bonds. The van der Waals surface area contributed by atoms with E-state index in [0.29, 0.717) is 20.1 Å². The molecule has 3 heterocycles. The zero-order valence-corrected chi connectivity index (χ0v) is 18.8. The summed E-state index contributed by atoms with van der Waals surface area (Å²) in [6.45, 7) is -4.63. The first-order valence-corrected chi connectivity index (χ1v) is 11.4. The molecule has 0 unspecified atom stereocenters. The van der Waals surface area contributed by atoms with Gasteiger partial charge in [-0.2, -0.15) is 13.2 Å². The number of hydrogen-bond donors (Lipinski definition) is 0. The standard InChI is InChI=1S/C28H18BF5N2/c30-28(31,32)27-25-17-15-23(21-9-5-2-6-10-21)35(25)29(33,34)36-24(16-18-26(27)36)22-13-11-20(12-14-22)19-7-3-1-4-8-19/h1-18H. The van der Waals surface area contributed by atoms with Gasteiger partial charge in [-0.05, 0) is 41.0 Å². The highest BCUT2D eigenvalue weighted by Crippen LogP contribution is 2.46. The lowest BCUT2D eigenvalue weighted by atomic mass is 9.86. The van der Waals surface area contributed by atoms with Crippen LogP contribution in [0.1, 0.15) is 11.3 Å². The van der Waals surface area contributed by atoms with E-state index in [9.17, 15) is 13.2 Å². The lowest BCUT2D eigenvalue weighted by Crippen LogP contribution is -2.52. The molecule has 8 heteroatoms. The van der Waals surface area contributed by atoms with Gasteiger partial charge in [-0.1, -0.05) is 72.8 Å². The summed E-state index contributed by atoms with van der Waals surface area (Å²) in [6, 6.07) is 27.2. The Kier molecular flexibility index (Phi) is 4.90. The lowest BCUT2D eigenvalue weighted by Gasteiger charge is -2.34. The third kappa shape index (κ3) is 3.36. The largest absolute Gasteiger partial charge is 0.737 e. The Morgan fingerprint density at radius 1 is 0.583 bits per heavy atom. The zero-order valence-electron chi connectivity index (χ0n) is 18.8. The van der Waals surface area contributed by atoms with Crippen LogP contribution in [-0.4, -0.2) is 27.8 Å². The first-order valence-electron chi connectivity index (χ1n) is 11.4. The number of halogens is 5. The van der Waals surface area contributed by atoms with E-state index in [1.165, 1.54) is 12.1 Å². The number of fused-ring (bicyclic) bond motifs is 2. The molecule has 0 spiro atoms. The summed E-state index contributed by atoms with van der Waals surface area (Å²) < 4.78 is 76.6. The van der Waals surface area contributed by atoms with Crippen LogP contribution >= 0.6 is 0 Å². The highest BCUT2D eigenvalue weighted by molar-refractivity contribution is 6.59. The van der Waals surface area contributed by atoms with Crippen molar-refractivity contribution in [1.29, 1.82) is 0 Å². The van der Waals surface area contributed by atoms with Crippen LogP contribution in [0.15, 0.2) is 115 Å². The van der Waals surface area contributed by atoms with E-state index < -0.39 is 30.1 Å². The summed E-state index contributed by atoms with van der Waals surface area (Å²) in [4.78, 5) is 0.